The second-order valence-corrected chi connectivity index (χ2v) is 9.08. The quantitative estimate of drug-likeness (QED) is 0.510. The number of methoxy groups -OCH3 is 3. The Bertz CT molecular complexity index is 970. The van der Waals surface area contributed by atoms with E-state index in [2.05, 4.69) is 5.32 Å². The number of hydrogen-bond acceptors (Lipinski definition) is 5. The van der Waals surface area contributed by atoms with Crippen LogP contribution in [0.25, 0.3) is 0 Å². The molecular formula is C28H38N2O5. The molecule has 0 aliphatic heterocycles. The van der Waals surface area contributed by atoms with Gasteiger partial charge in [-0.15, -0.1) is 0 Å². The first kappa shape index (κ1) is 26.4. The average molecular weight is 483 g/mol. The summed E-state index contributed by atoms with van der Waals surface area (Å²) in [5, 5.41) is 3.18. The highest BCUT2D eigenvalue weighted by Crippen LogP contribution is 2.28. The van der Waals surface area contributed by atoms with Gasteiger partial charge in [-0.25, -0.2) is 0 Å². The van der Waals surface area contributed by atoms with Gasteiger partial charge in [0, 0.05) is 19.0 Å². The van der Waals surface area contributed by atoms with Gasteiger partial charge in [-0.3, -0.25) is 9.59 Å². The topological polar surface area (TPSA) is 77.1 Å². The van der Waals surface area contributed by atoms with E-state index >= 15 is 0 Å². The number of nitrogens with zero attached hydrogens (tertiary/aromatic N) is 1. The average Bonchev–Trinajstić information content (AvgIpc) is 2.90. The molecule has 2 aromatic carbocycles. The summed E-state index contributed by atoms with van der Waals surface area (Å²) in [6.45, 7) is 2.17. The number of amides is 2. The Morgan fingerprint density at radius 2 is 1.57 bits per heavy atom. The number of ether oxygens (including phenoxy) is 3. The third-order valence-electron chi connectivity index (χ3n) is 6.71. The molecule has 2 amide bonds. The Hall–Kier alpha value is -3.22. The first-order chi connectivity index (χ1) is 16.9. The van der Waals surface area contributed by atoms with Gasteiger partial charge in [0.2, 0.25) is 11.8 Å². The first-order valence-corrected chi connectivity index (χ1v) is 12.4. The summed E-state index contributed by atoms with van der Waals surface area (Å²) in [5.74, 6) is 1.87. The van der Waals surface area contributed by atoms with E-state index in [1.165, 1.54) is 6.42 Å². The fourth-order valence-corrected chi connectivity index (χ4v) is 4.51. The predicted octanol–water partition coefficient (Wildman–Crippen LogP) is 4.51. The van der Waals surface area contributed by atoms with Gasteiger partial charge in [-0.1, -0.05) is 37.5 Å². The van der Waals surface area contributed by atoms with Gasteiger partial charge in [0.15, 0.2) is 11.5 Å². The molecule has 1 fully saturated rings. The Morgan fingerprint density at radius 3 is 2.20 bits per heavy atom. The molecule has 0 bridgehead atoms. The molecular weight excluding hydrogens is 444 g/mol. The van der Waals surface area contributed by atoms with Gasteiger partial charge in [-0.05, 0) is 61.6 Å². The third-order valence-corrected chi connectivity index (χ3v) is 6.71. The Morgan fingerprint density at radius 1 is 0.914 bits per heavy atom. The van der Waals surface area contributed by atoms with Crippen LogP contribution < -0.4 is 19.5 Å². The van der Waals surface area contributed by atoms with Crippen molar-refractivity contribution in [3.8, 4) is 17.2 Å². The van der Waals surface area contributed by atoms with Crippen LogP contribution in [0.5, 0.6) is 17.2 Å². The van der Waals surface area contributed by atoms with E-state index in [4.69, 9.17) is 14.2 Å². The SMILES string of the molecule is COc1ccc(CN(C(=O)CCc2ccc(OC)c(OC)c2)C(C)C(=O)NC2CCCCC2)cc1. The Labute approximate surface area is 208 Å². The molecule has 3 rings (SSSR count). The van der Waals surface area contributed by atoms with Gasteiger partial charge in [-0.2, -0.15) is 0 Å². The van der Waals surface area contributed by atoms with Crippen molar-refractivity contribution in [2.45, 2.75) is 70.5 Å². The maximum Gasteiger partial charge on any atom is 0.242 e. The first-order valence-electron chi connectivity index (χ1n) is 12.4. The molecule has 1 unspecified atom stereocenters. The second kappa shape index (κ2) is 13.0. The van der Waals surface area contributed by atoms with Crippen molar-refractivity contribution in [1.29, 1.82) is 0 Å². The molecule has 0 radical (unpaired) electrons. The fraction of sp³-hybridized carbons (Fsp3) is 0.500. The molecule has 0 spiro atoms. The molecule has 1 saturated carbocycles. The van der Waals surface area contributed by atoms with E-state index in [1.807, 2.05) is 49.4 Å². The van der Waals surface area contributed by atoms with Gasteiger partial charge in [0.05, 0.1) is 21.3 Å². The van der Waals surface area contributed by atoms with Gasteiger partial charge in [0.1, 0.15) is 11.8 Å². The van der Waals surface area contributed by atoms with E-state index in [-0.39, 0.29) is 24.3 Å². The van der Waals surface area contributed by atoms with Crippen LogP contribution in [0, 0.1) is 0 Å². The summed E-state index contributed by atoms with van der Waals surface area (Å²) in [7, 11) is 4.81. The smallest absolute Gasteiger partial charge is 0.242 e. The minimum Gasteiger partial charge on any atom is -0.497 e. The van der Waals surface area contributed by atoms with Gasteiger partial charge >= 0.3 is 0 Å². The molecule has 35 heavy (non-hydrogen) atoms. The number of aryl methyl sites for hydroxylation is 1. The molecule has 1 atom stereocenters. The molecule has 190 valence electrons. The summed E-state index contributed by atoms with van der Waals surface area (Å²) in [6, 6.07) is 12.9. The molecule has 7 heteroatoms. The monoisotopic (exact) mass is 482 g/mol. The summed E-state index contributed by atoms with van der Waals surface area (Å²) < 4.78 is 15.9. The van der Waals surface area contributed by atoms with E-state index in [0.717, 1.165) is 42.6 Å². The van der Waals surface area contributed by atoms with Crippen LogP contribution in [0.4, 0.5) is 0 Å². The number of carbonyl (C=O) groups is 2. The fourth-order valence-electron chi connectivity index (χ4n) is 4.51. The minimum atomic E-state index is -0.572. The second-order valence-electron chi connectivity index (χ2n) is 9.08. The Balaban J connectivity index is 1.72. The largest absolute Gasteiger partial charge is 0.497 e. The van der Waals surface area contributed by atoms with E-state index in [1.54, 1.807) is 26.2 Å². The van der Waals surface area contributed by atoms with E-state index in [0.29, 0.717) is 24.5 Å². The summed E-state index contributed by atoms with van der Waals surface area (Å²) in [4.78, 5) is 28.2. The van der Waals surface area contributed by atoms with E-state index < -0.39 is 6.04 Å². The lowest BCUT2D eigenvalue weighted by molar-refractivity contribution is -0.141. The number of hydrogen-bond donors (Lipinski definition) is 1. The number of carbonyl (C=O) groups excluding carboxylic acids is 2. The number of benzene rings is 2. The zero-order valence-electron chi connectivity index (χ0n) is 21.3. The van der Waals surface area contributed by atoms with Gasteiger partial charge in [0.25, 0.3) is 0 Å². The number of nitrogens with one attached hydrogen (secondary N) is 1. The van der Waals surface area contributed by atoms with Crippen molar-refractivity contribution in [2.75, 3.05) is 21.3 Å². The molecule has 0 aromatic heterocycles. The maximum absolute atomic E-state index is 13.4. The summed E-state index contributed by atoms with van der Waals surface area (Å²) in [6.07, 6.45) is 6.33. The zero-order chi connectivity index (χ0) is 25.2. The lowest BCUT2D eigenvalue weighted by Gasteiger charge is -2.31. The molecule has 1 aliphatic rings. The highest BCUT2D eigenvalue weighted by atomic mass is 16.5. The molecule has 7 nitrogen and oxygen atoms in total. The van der Waals surface area contributed by atoms with Crippen molar-refractivity contribution in [3.05, 3.63) is 53.6 Å². The van der Waals surface area contributed by atoms with E-state index in [9.17, 15) is 9.59 Å². The van der Waals surface area contributed by atoms with Crippen molar-refractivity contribution in [2.24, 2.45) is 0 Å². The summed E-state index contributed by atoms with van der Waals surface area (Å²) in [5.41, 5.74) is 1.92. The zero-order valence-corrected chi connectivity index (χ0v) is 21.3. The molecule has 1 N–H and O–H groups in total. The van der Waals surface area contributed by atoms with Crippen LogP contribution in [0.3, 0.4) is 0 Å². The van der Waals surface area contributed by atoms with Crippen LogP contribution in [-0.2, 0) is 22.6 Å². The van der Waals surface area contributed by atoms with Crippen LogP contribution in [-0.4, -0.2) is 50.1 Å². The predicted molar refractivity (Wildman–Crippen MR) is 136 cm³/mol. The third kappa shape index (κ3) is 7.38. The lowest BCUT2D eigenvalue weighted by Crippen LogP contribution is -2.50. The van der Waals surface area contributed by atoms with Crippen molar-refractivity contribution in [3.63, 3.8) is 0 Å². The normalized spacial score (nSPS) is 14.6. The van der Waals surface area contributed by atoms with Crippen LogP contribution in [0.15, 0.2) is 42.5 Å². The van der Waals surface area contributed by atoms with Crippen LogP contribution in [0.1, 0.15) is 56.6 Å². The summed E-state index contributed by atoms with van der Waals surface area (Å²) >= 11 is 0. The molecule has 0 heterocycles. The standard InChI is InChI=1S/C28H38N2O5/c1-20(28(32)29-23-8-6-5-7-9-23)30(19-22-10-14-24(33-2)15-11-22)27(31)17-13-21-12-16-25(34-3)26(18-21)35-4/h10-12,14-16,18,20,23H,5-9,13,17,19H2,1-4H3,(H,29,32). The van der Waals surface area contributed by atoms with Crippen molar-refractivity contribution < 1.29 is 23.8 Å². The lowest BCUT2D eigenvalue weighted by atomic mass is 9.95. The highest BCUT2D eigenvalue weighted by Gasteiger charge is 2.28. The minimum absolute atomic E-state index is 0.0677. The maximum atomic E-state index is 13.4. The van der Waals surface area contributed by atoms with Gasteiger partial charge < -0.3 is 24.4 Å². The molecule has 0 saturated heterocycles. The Kier molecular flexibility index (Phi) is 9.82. The van der Waals surface area contributed by atoms with Crippen molar-refractivity contribution in [1.82, 2.24) is 10.2 Å². The highest BCUT2D eigenvalue weighted by molar-refractivity contribution is 5.87. The van der Waals surface area contributed by atoms with Crippen LogP contribution >= 0.6 is 0 Å². The van der Waals surface area contributed by atoms with Crippen LogP contribution in [0.2, 0.25) is 0 Å². The number of rotatable bonds is 11. The van der Waals surface area contributed by atoms with Crippen molar-refractivity contribution >= 4 is 11.8 Å². The molecule has 2 aromatic rings. The molecule has 1 aliphatic carbocycles.